The minimum Gasteiger partial charge on any atom is -0.376 e. The molecule has 0 spiro atoms. The standard InChI is InChI=1S/C16H16ClN3O2/c1-10-6-7-11(8-13(10)17)19-9-15(21)20-14-5-3-2-4-12(14)16(18)22/h2-8,19H,9H2,1H3,(H2,18,22)(H,20,21). The highest BCUT2D eigenvalue weighted by Gasteiger charge is 2.10. The van der Waals surface area contributed by atoms with Crippen molar-refractivity contribution in [2.75, 3.05) is 17.2 Å². The number of rotatable bonds is 5. The minimum absolute atomic E-state index is 0.0481. The molecule has 2 amide bonds. The molecule has 0 atom stereocenters. The summed E-state index contributed by atoms with van der Waals surface area (Å²) in [5.41, 5.74) is 7.64. The molecular formula is C16H16ClN3O2. The molecule has 0 unspecified atom stereocenters. The van der Waals surface area contributed by atoms with Crippen LogP contribution in [-0.4, -0.2) is 18.4 Å². The van der Waals surface area contributed by atoms with Crippen molar-refractivity contribution in [3.8, 4) is 0 Å². The van der Waals surface area contributed by atoms with Crippen LogP contribution in [0.3, 0.4) is 0 Å². The highest BCUT2D eigenvalue weighted by Crippen LogP contribution is 2.20. The van der Waals surface area contributed by atoms with Crippen LogP contribution in [0.4, 0.5) is 11.4 Å². The number of hydrogen-bond donors (Lipinski definition) is 3. The molecule has 0 aliphatic rings. The zero-order chi connectivity index (χ0) is 16.1. The molecule has 0 heterocycles. The maximum absolute atomic E-state index is 12.0. The summed E-state index contributed by atoms with van der Waals surface area (Å²) in [4.78, 5) is 23.2. The Kier molecular flexibility index (Phi) is 5.01. The Morgan fingerprint density at radius 1 is 1.18 bits per heavy atom. The first-order chi connectivity index (χ1) is 10.5. The second-order valence-electron chi connectivity index (χ2n) is 4.78. The largest absolute Gasteiger partial charge is 0.376 e. The van der Waals surface area contributed by atoms with Gasteiger partial charge in [0.25, 0.3) is 5.91 Å². The third-order valence-electron chi connectivity index (χ3n) is 3.09. The van der Waals surface area contributed by atoms with E-state index in [1.807, 2.05) is 19.1 Å². The molecule has 0 saturated carbocycles. The average Bonchev–Trinajstić information content (AvgIpc) is 2.49. The summed E-state index contributed by atoms with van der Waals surface area (Å²) in [6, 6.07) is 12.0. The van der Waals surface area contributed by atoms with Gasteiger partial charge < -0.3 is 16.4 Å². The molecule has 0 aliphatic carbocycles. The number of primary amides is 1. The van der Waals surface area contributed by atoms with E-state index < -0.39 is 5.91 Å². The maximum Gasteiger partial charge on any atom is 0.250 e. The van der Waals surface area contributed by atoms with Crippen LogP contribution in [0.5, 0.6) is 0 Å². The number of carbonyl (C=O) groups is 2. The molecule has 0 fully saturated rings. The Bertz CT molecular complexity index is 716. The van der Waals surface area contributed by atoms with Gasteiger partial charge in [-0.1, -0.05) is 29.8 Å². The van der Waals surface area contributed by atoms with Crippen molar-refractivity contribution in [1.29, 1.82) is 0 Å². The molecule has 0 saturated heterocycles. The number of benzene rings is 2. The molecule has 0 aliphatic heterocycles. The van der Waals surface area contributed by atoms with Crippen LogP contribution in [-0.2, 0) is 4.79 Å². The molecule has 0 aromatic heterocycles. The number of carbonyl (C=O) groups excluding carboxylic acids is 2. The van der Waals surface area contributed by atoms with Crippen molar-refractivity contribution in [3.05, 3.63) is 58.6 Å². The lowest BCUT2D eigenvalue weighted by Gasteiger charge is -2.10. The normalized spacial score (nSPS) is 10.1. The number of halogens is 1. The lowest BCUT2D eigenvalue weighted by molar-refractivity contribution is -0.114. The fourth-order valence-electron chi connectivity index (χ4n) is 1.89. The van der Waals surface area contributed by atoms with Crippen LogP contribution in [0.25, 0.3) is 0 Å². The SMILES string of the molecule is Cc1ccc(NCC(=O)Nc2ccccc2C(N)=O)cc1Cl. The second kappa shape index (κ2) is 6.95. The molecule has 22 heavy (non-hydrogen) atoms. The van der Waals surface area contributed by atoms with Gasteiger partial charge in [0.05, 0.1) is 17.8 Å². The van der Waals surface area contributed by atoms with Gasteiger partial charge in [0.2, 0.25) is 5.91 Å². The van der Waals surface area contributed by atoms with Gasteiger partial charge in [-0.15, -0.1) is 0 Å². The summed E-state index contributed by atoms with van der Waals surface area (Å²) in [6.45, 7) is 1.95. The van der Waals surface area contributed by atoms with E-state index in [2.05, 4.69) is 10.6 Å². The van der Waals surface area contributed by atoms with Crippen molar-refractivity contribution in [2.45, 2.75) is 6.92 Å². The molecular weight excluding hydrogens is 302 g/mol. The molecule has 0 bridgehead atoms. The molecule has 2 aromatic rings. The van der Waals surface area contributed by atoms with E-state index in [-0.39, 0.29) is 18.0 Å². The minimum atomic E-state index is -0.589. The molecule has 5 nitrogen and oxygen atoms in total. The topological polar surface area (TPSA) is 84.2 Å². The van der Waals surface area contributed by atoms with Crippen LogP contribution in [0.1, 0.15) is 15.9 Å². The van der Waals surface area contributed by atoms with E-state index in [4.69, 9.17) is 17.3 Å². The molecule has 4 N–H and O–H groups in total. The molecule has 0 radical (unpaired) electrons. The fourth-order valence-corrected chi connectivity index (χ4v) is 2.07. The van der Waals surface area contributed by atoms with Gasteiger partial charge >= 0.3 is 0 Å². The van der Waals surface area contributed by atoms with Crippen LogP contribution < -0.4 is 16.4 Å². The summed E-state index contributed by atoms with van der Waals surface area (Å²) in [5.74, 6) is -0.875. The Morgan fingerprint density at radius 3 is 2.59 bits per heavy atom. The Labute approximate surface area is 133 Å². The third-order valence-corrected chi connectivity index (χ3v) is 3.50. The van der Waals surface area contributed by atoms with E-state index in [1.54, 1.807) is 30.3 Å². The molecule has 114 valence electrons. The van der Waals surface area contributed by atoms with Crippen LogP contribution in [0.15, 0.2) is 42.5 Å². The predicted octanol–water partition coefficient (Wildman–Crippen LogP) is 2.80. The first-order valence-electron chi connectivity index (χ1n) is 6.66. The summed E-state index contributed by atoms with van der Waals surface area (Å²) in [6.07, 6.45) is 0. The summed E-state index contributed by atoms with van der Waals surface area (Å²) in [7, 11) is 0. The van der Waals surface area contributed by atoms with E-state index >= 15 is 0 Å². The number of nitrogens with one attached hydrogen (secondary N) is 2. The Hall–Kier alpha value is -2.53. The number of amides is 2. The van der Waals surface area contributed by atoms with Gasteiger partial charge in [0, 0.05) is 10.7 Å². The average molecular weight is 318 g/mol. The van der Waals surface area contributed by atoms with Crippen LogP contribution >= 0.6 is 11.6 Å². The quantitative estimate of drug-likeness (QED) is 0.792. The summed E-state index contributed by atoms with van der Waals surface area (Å²) in [5, 5.41) is 6.25. The number of anilines is 2. The fraction of sp³-hybridized carbons (Fsp3) is 0.125. The van der Waals surface area contributed by atoms with Crippen LogP contribution in [0.2, 0.25) is 5.02 Å². The van der Waals surface area contributed by atoms with Crippen LogP contribution in [0, 0.1) is 6.92 Å². The smallest absolute Gasteiger partial charge is 0.250 e. The lowest BCUT2D eigenvalue weighted by atomic mass is 10.1. The van der Waals surface area contributed by atoms with E-state index in [9.17, 15) is 9.59 Å². The van der Waals surface area contributed by atoms with E-state index in [0.29, 0.717) is 10.7 Å². The van der Waals surface area contributed by atoms with Gasteiger partial charge in [-0.25, -0.2) is 0 Å². The second-order valence-corrected chi connectivity index (χ2v) is 5.18. The van der Waals surface area contributed by atoms with Gasteiger partial charge in [-0.3, -0.25) is 9.59 Å². The summed E-state index contributed by atoms with van der Waals surface area (Å²) >= 11 is 6.02. The molecule has 6 heteroatoms. The molecule has 2 aromatic carbocycles. The third kappa shape index (κ3) is 3.99. The van der Waals surface area contributed by atoms with Crippen molar-refractivity contribution in [3.63, 3.8) is 0 Å². The first kappa shape index (κ1) is 15.9. The number of para-hydroxylation sites is 1. The highest BCUT2D eigenvalue weighted by molar-refractivity contribution is 6.31. The van der Waals surface area contributed by atoms with Gasteiger partial charge in [-0.2, -0.15) is 0 Å². The number of aryl methyl sites for hydroxylation is 1. The lowest BCUT2D eigenvalue weighted by Crippen LogP contribution is -2.24. The van der Waals surface area contributed by atoms with Gasteiger partial charge in [0.15, 0.2) is 0 Å². The van der Waals surface area contributed by atoms with Crippen molar-refractivity contribution >= 4 is 34.8 Å². The first-order valence-corrected chi connectivity index (χ1v) is 7.04. The van der Waals surface area contributed by atoms with E-state index in [1.165, 1.54) is 0 Å². The monoisotopic (exact) mass is 317 g/mol. The van der Waals surface area contributed by atoms with Gasteiger partial charge in [0.1, 0.15) is 0 Å². The van der Waals surface area contributed by atoms with Gasteiger partial charge in [-0.05, 0) is 36.8 Å². The molecule has 2 rings (SSSR count). The summed E-state index contributed by atoms with van der Waals surface area (Å²) < 4.78 is 0. The zero-order valence-electron chi connectivity index (χ0n) is 12.0. The predicted molar refractivity (Wildman–Crippen MR) is 88.3 cm³/mol. The number of nitrogens with two attached hydrogens (primary N) is 1. The maximum atomic E-state index is 12.0. The Balaban J connectivity index is 1.99. The zero-order valence-corrected chi connectivity index (χ0v) is 12.8. The van der Waals surface area contributed by atoms with E-state index in [0.717, 1.165) is 11.3 Å². The Morgan fingerprint density at radius 2 is 1.91 bits per heavy atom. The van der Waals surface area contributed by atoms with Crippen molar-refractivity contribution in [2.24, 2.45) is 5.73 Å². The van der Waals surface area contributed by atoms with Crippen molar-refractivity contribution < 1.29 is 9.59 Å². The highest BCUT2D eigenvalue weighted by atomic mass is 35.5. The number of hydrogen-bond acceptors (Lipinski definition) is 3. The van der Waals surface area contributed by atoms with Crippen molar-refractivity contribution in [1.82, 2.24) is 0 Å².